The van der Waals surface area contributed by atoms with Crippen LogP contribution in [0.3, 0.4) is 0 Å². The van der Waals surface area contributed by atoms with Crippen LogP contribution in [0.4, 0.5) is 4.39 Å². The number of Topliss-reactive ketones (excluding diaryl/α,β-unsaturated/α-hetero) is 1. The first-order chi connectivity index (χ1) is 17.9. The highest BCUT2D eigenvalue weighted by Crippen LogP contribution is 2.42. The van der Waals surface area contributed by atoms with Gasteiger partial charge in [-0.1, -0.05) is 46.3 Å². The molecule has 1 amide bonds. The minimum absolute atomic E-state index is 0.0349. The first kappa shape index (κ1) is 23.2. The van der Waals surface area contributed by atoms with Crippen molar-refractivity contribution in [2.75, 3.05) is 6.54 Å². The maximum Gasteiger partial charge on any atom is 0.290 e. The average Bonchev–Trinajstić information content (AvgIpc) is 3.58. The van der Waals surface area contributed by atoms with Gasteiger partial charge in [0.25, 0.3) is 5.91 Å². The fourth-order valence-corrected chi connectivity index (χ4v) is 5.30. The third kappa shape index (κ3) is 4.03. The Labute approximate surface area is 219 Å². The molecular formula is C29H20BrFN2O4. The van der Waals surface area contributed by atoms with Gasteiger partial charge in [0.2, 0.25) is 5.78 Å². The summed E-state index contributed by atoms with van der Waals surface area (Å²) in [6.07, 6.45) is 2.17. The molecular weight excluding hydrogens is 539 g/mol. The summed E-state index contributed by atoms with van der Waals surface area (Å²) in [5.74, 6) is -2.10. The van der Waals surface area contributed by atoms with Gasteiger partial charge in [-0.15, -0.1) is 0 Å². The van der Waals surface area contributed by atoms with Crippen LogP contribution >= 0.6 is 15.9 Å². The number of aliphatic hydroxyl groups is 1. The standard InChI is InChI=1S/C29H20BrFN2O4/c30-18-7-10-23-17(13-18)14-24(37-23)27(34)25-26(21-15-32-22-4-2-1-3-20(21)22)33(29(36)28(25)35)12-11-16-5-8-19(31)9-6-16/h1-10,13-15,26,32,35H,11-12H2. The second kappa shape index (κ2) is 9.05. The molecule has 0 fully saturated rings. The van der Waals surface area contributed by atoms with Crippen LogP contribution in [0.15, 0.2) is 99.2 Å². The summed E-state index contributed by atoms with van der Waals surface area (Å²) in [7, 11) is 0. The Morgan fingerprint density at radius 2 is 1.86 bits per heavy atom. The topological polar surface area (TPSA) is 86.5 Å². The number of hydrogen-bond donors (Lipinski definition) is 2. The second-order valence-electron chi connectivity index (χ2n) is 8.95. The van der Waals surface area contributed by atoms with E-state index in [1.807, 2.05) is 36.4 Å². The number of nitrogens with zero attached hydrogens (tertiary/aromatic N) is 1. The maximum absolute atomic E-state index is 13.8. The number of rotatable bonds is 6. The minimum atomic E-state index is -0.837. The Kier molecular flexibility index (Phi) is 5.68. The van der Waals surface area contributed by atoms with Crippen LogP contribution in [0.5, 0.6) is 0 Å². The molecule has 1 aliphatic rings. The van der Waals surface area contributed by atoms with Crippen molar-refractivity contribution in [3.05, 3.63) is 118 Å². The lowest BCUT2D eigenvalue weighted by molar-refractivity contribution is -0.129. The molecule has 184 valence electrons. The second-order valence-corrected chi connectivity index (χ2v) is 9.87. The fraction of sp³-hybridized carbons (Fsp3) is 0.103. The number of furan rings is 1. The van der Waals surface area contributed by atoms with Crippen LogP contribution in [0.1, 0.15) is 27.7 Å². The zero-order chi connectivity index (χ0) is 25.7. The number of nitrogens with one attached hydrogen (secondary N) is 1. The van der Waals surface area contributed by atoms with Gasteiger partial charge >= 0.3 is 0 Å². The number of carbonyl (C=O) groups excluding carboxylic acids is 2. The quantitative estimate of drug-likeness (QED) is 0.229. The zero-order valence-corrected chi connectivity index (χ0v) is 21.0. The zero-order valence-electron chi connectivity index (χ0n) is 19.4. The predicted molar refractivity (Wildman–Crippen MR) is 141 cm³/mol. The summed E-state index contributed by atoms with van der Waals surface area (Å²) >= 11 is 3.42. The minimum Gasteiger partial charge on any atom is -0.503 e. The summed E-state index contributed by atoms with van der Waals surface area (Å²) in [5, 5.41) is 12.6. The molecule has 0 saturated carbocycles. The Bertz CT molecular complexity index is 1720. The summed E-state index contributed by atoms with van der Waals surface area (Å²) in [4.78, 5) is 31.8. The van der Waals surface area contributed by atoms with E-state index in [4.69, 9.17) is 4.42 Å². The van der Waals surface area contributed by atoms with Gasteiger partial charge in [-0.3, -0.25) is 9.59 Å². The first-order valence-electron chi connectivity index (χ1n) is 11.7. The van der Waals surface area contributed by atoms with Gasteiger partial charge in [0, 0.05) is 39.1 Å². The van der Waals surface area contributed by atoms with Gasteiger partial charge in [-0.25, -0.2) is 4.39 Å². The van der Waals surface area contributed by atoms with E-state index in [1.165, 1.54) is 17.0 Å². The molecule has 8 heteroatoms. The van der Waals surface area contributed by atoms with Crippen LogP contribution in [0.2, 0.25) is 0 Å². The number of benzene rings is 3. The van der Waals surface area contributed by atoms with Gasteiger partial charge in [0.15, 0.2) is 11.5 Å². The number of H-pyrrole nitrogens is 1. The monoisotopic (exact) mass is 558 g/mol. The smallest absolute Gasteiger partial charge is 0.290 e. The lowest BCUT2D eigenvalue weighted by Crippen LogP contribution is -2.33. The molecule has 37 heavy (non-hydrogen) atoms. The number of aromatic amines is 1. The molecule has 0 saturated heterocycles. The van der Waals surface area contributed by atoms with Crippen molar-refractivity contribution in [2.45, 2.75) is 12.5 Å². The fourth-order valence-electron chi connectivity index (χ4n) is 4.92. The number of aliphatic hydroxyl groups excluding tert-OH is 1. The van der Waals surface area contributed by atoms with Crippen molar-refractivity contribution < 1.29 is 23.5 Å². The summed E-state index contributed by atoms with van der Waals surface area (Å²) in [6, 6.07) is 19.8. The van der Waals surface area contributed by atoms with E-state index >= 15 is 0 Å². The molecule has 0 radical (unpaired) electrons. The third-order valence-corrected chi connectivity index (χ3v) is 7.21. The molecule has 2 aromatic heterocycles. The van der Waals surface area contributed by atoms with Crippen molar-refractivity contribution in [1.82, 2.24) is 9.88 Å². The molecule has 2 N–H and O–H groups in total. The van der Waals surface area contributed by atoms with E-state index in [9.17, 15) is 19.1 Å². The SMILES string of the molecule is O=C(C1=C(O)C(=O)N(CCc2ccc(F)cc2)C1c1c[nH]c2ccccc12)c1cc2cc(Br)ccc2o1. The lowest BCUT2D eigenvalue weighted by atomic mass is 9.94. The molecule has 6 rings (SSSR count). The predicted octanol–water partition coefficient (Wildman–Crippen LogP) is 6.64. The van der Waals surface area contributed by atoms with Gasteiger partial charge in [0.05, 0.1) is 11.6 Å². The third-order valence-electron chi connectivity index (χ3n) is 6.72. The molecule has 6 nitrogen and oxygen atoms in total. The van der Waals surface area contributed by atoms with E-state index < -0.39 is 23.5 Å². The highest BCUT2D eigenvalue weighted by Gasteiger charge is 2.45. The summed E-state index contributed by atoms with van der Waals surface area (Å²) in [5.41, 5.74) is 2.85. The van der Waals surface area contributed by atoms with Crippen LogP contribution in [0, 0.1) is 5.82 Å². The number of para-hydroxylation sites is 1. The van der Waals surface area contributed by atoms with Gasteiger partial charge in [-0.05, 0) is 54.4 Å². The molecule has 0 bridgehead atoms. The molecule has 3 aromatic carbocycles. The van der Waals surface area contributed by atoms with Crippen LogP contribution < -0.4 is 0 Å². The number of amides is 1. The van der Waals surface area contributed by atoms with E-state index in [-0.39, 0.29) is 23.7 Å². The summed E-state index contributed by atoms with van der Waals surface area (Å²) < 4.78 is 20.0. The van der Waals surface area contributed by atoms with E-state index in [2.05, 4.69) is 20.9 Å². The van der Waals surface area contributed by atoms with E-state index in [0.29, 0.717) is 17.6 Å². The van der Waals surface area contributed by atoms with Crippen LogP contribution in [-0.4, -0.2) is 33.2 Å². The Morgan fingerprint density at radius 1 is 1.08 bits per heavy atom. The maximum atomic E-state index is 13.8. The molecule has 5 aromatic rings. The number of hydrogen-bond acceptors (Lipinski definition) is 4. The van der Waals surface area contributed by atoms with Gasteiger partial charge in [0.1, 0.15) is 11.4 Å². The van der Waals surface area contributed by atoms with Crippen molar-refractivity contribution in [3.63, 3.8) is 0 Å². The Morgan fingerprint density at radius 3 is 2.68 bits per heavy atom. The normalized spacial score (nSPS) is 15.9. The Hall–Kier alpha value is -4.17. The summed E-state index contributed by atoms with van der Waals surface area (Å²) in [6.45, 7) is 0.211. The van der Waals surface area contributed by atoms with Crippen LogP contribution in [-0.2, 0) is 11.2 Å². The van der Waals surface area contributed by atoms with Crippen molar-refractivity contribution >= 4 is 49.5 Å². The molecule has 1 aliphatic heterocycles. The molecule has 1 unspecified atom stereocenters. The molecule has 0 spiro atoms. The number of carbonyl (C=O) groups is 2. The molecule has 0 aliphatic carbocycles. The van der Waals surface area contributed by atoms with Gasteiger partial charge in [-0.2, -0.15) is 0 Å². The van der Waals surface area contributed by atoms with Crippen molar-refractivity contribution in [3.8, 4) is 0 Å². The van der Waals surface area contributed by atoms with Crippen molar-refractivity contribution in [2.24, 2.45) is 0 Å². The number of ketones is 1. The Balaban J connectivity index is 1.43. The number of halogens is 2. The number of fused-ring (bicyclic) bond motifs is 2. The highest BCUT2D eigenvalue weighted by molar-refractivity contribution is 9.10. The number of aromatic nitrogens is 1. The lowest BCUT2D eigenvalue weighted by Gasteiger charge is -2.26. The molecule has 1 atom stereocenters. The largest absolute Gasteiger partial charge is 0.503 e. The van der Waals surface area contributed by atoms with Crippen molar-refractivity contribution in [1.29, 1.82) is 0 Å². The van der Waals surface area contributed by atoms with E-state index in [0.717, 1.165) is 26.3 Å². The van der Waals surface area contributed by atoms with Crippen LogP contribution in [0.25, 0.3) is 21.9 Å². The highest BCUT2D eigenvalue weighted by atomic mass is 79.9. The van der Waals surface area contributed by atoms with E-state index in [1.54, 1.807) is 30.5 Å². The average molecular weight is 559 g/mol. The molecule has 3 heterocycles. The first-order valence-corrected chi connectivity index (χ1v) is 12.5. The van der Waals surface area contributed by atoms with Gasteiger partial charge < -0.3 is 19.4 Å².